The van der Waals surface area contributed by atoms with Crippen LogP contribution in [0.2, 0.25) is 0 Å². The molecule has 0 aliphatic carbocycles. The fraction of sp³-hybridized carbons (Fsp3) is 0.682. The van der Waals surface area contributed by atoms with E-state index in [1.807, 2.05) is 7.05 Å². The van der Waals surface area contributed by atoms with Crippen LogP contribution in [-0.4, -0.2) is 86.6 Å². The lowest BCUT2D eigenvalue weighted by Crippen LogP contribution is -2.55. The Bertz CT molecular complexity index is 598. The third kappa shape index (κ3) is 6.07. The van der Waals surface area contributed by atoms with Crippen molar-refractivity contribution in [3.63, 3.8) is 0 Å². The van der Waals surface area contributed by atoms with Gasteiger partial charge >= 0.3 is 0 Å². The van der Waals surface area contributed by atoms with Crippen molar-refractivity contribution in [2.24, 2.45) is 10.9 Å². The van der Waals surface area contributed by atoms with Gasteiger partial charge in [0.15, 0.2) is 5.96 Å². The molecule has 2 aliphatic heterocycles. The Balaban J connectivity index is 0.00000280. The van der Waals surface area contributed by atoms with Gasteiger partial charge < -0.3 is 15.1 Å². The molecule has 28 heavy (non-hydrogen) atoms. The van der Waals surface area contributed by atoms with E-state index in [1.54, 1.807) is 0 Å². The number of guanidine groups is 1. The predicted octanol–water partition coefficient (Wildman–Crippen LogP) is 2.94. The van der Waals surface area contributed by atoms with Crippen molar-refractivity contribution in [1.29, 1.82) is 0 Å². The first-order valence-electron chi connectivity index (χ1n) is 10.5. The lowest BCUT2D eigenvalue weighted by molar-refractivity contribution is 0.0897. The fourth-order valence-electron chi connectivity index (χ4n) is 4.42. The van der Waals surface area contributed by atoms with Crippen LogP contribution in [-0.2, 0) is 0 Å². The summed E-state index contributed by atoms with van der Waals surface area (Å²) in [5.74, 6) is 2.31. The molecule has 6 heteroatoms. The second-order valence-electron chi connectivity index (χ2n) is 8.42. The molecule has 2 fully saturated rings. The molecule has 1 N–H and O–H groups in total. The summed E-state index contributed by atoms with van der Waals surface area (Å²) >= 11 is 0. The molecular weight excluding hydrogens is 461 g/mol. The summed E-state index contributed by atoms with van der Waals surface area (Å²) in [6.45, 7) is 12.5. The maximum atomic E-state index is 4.59. The molecule has 0 spiro atoms. The number of likely N-dealkylation sites (tertiary alicyclic amines) is 1. The van der Waals surface area contributed by atoms with E-state index in [4.69, 9.17) is 0 Å². The molecule has 0 aromatic heterocycles. The van der Waals surface area contributed by atoms with Gasteiger partial charge in [-0.3, -0.25) is 9.89 Å². The summed E-state index contributed by atoms with van der Waals surface area (Å²) in [4.78, 5) is 12.1. The van der Waals surface area contributed by atoms with E-state index in [-0.39, 0.29) is 24.0 Å². The van der Waals surface area contributed by atoms with Gasteiger partial charge in [-0.1, -0.05) is 44.2 Å². The minimum atomic E-state index is 0. The number of hydrogen-bond acceptors (Lipinski definition) is 3. The van der Waals surface area contributed by atoms with Crippen LogP contribution >= 0.6 is 24.0 Å². The number of benzene rings is 1. The summed E-state index contributed by atoms with van der Waals surface area (Å²) in [5, 5.41) is 3.69. The standard InChI is InChI=1S/C22H37N5.HI/c1-18(2)21(26-14-12-25(4)13-15-26)16-24-22(23-3)27-11-10-20(17-27)19-8-6-5-7-9-19;/h5-9,18,20-21H,10-17H2,1-4H3,(H,23,24);1H. The lowest BCUT2D eigenvalue weighted by Gasteiger charge is -2.40. The number of hydrogen-bond donors (Lipinski definition) is 1. The van der Waals surface area contributed by atoms with E-state index in [0.717, 1.165) is 25.6 Å². The minimum Gasteiger partial charge on any atom is -0.355 e. The number of piperazine rings is 1. The Hall–Kier alpha value is -0.860. The number of nitrogens with one attached hydrogen (secondary N) is 1. The van der Waals surface area contributed by atoms with E-state index in [2.05, 4.69) is 76.2 Å². The van der Waals surface area contributed by atoms with Gasteiger partial charge in [0.1, 0.15) is 0 Å². The summed E-state index contributed by atoms with van der Waals surface area (Å²) in [6, 6.07) is 11.5. The Kier molecular flexibility index (Phi) is 9.50. The summed E-state index contributed by atoms with van der Waals surface area (Å²) in [7, 11) is 4.14. The van der Waals surface area contributed by atoms with E-state index in [1.165, 1.54) is 38.2 Å². The fourth-order valence-corrected chi connectivity index (χ4v) is 4.42. The monoisotopic (exact) mass is 499 g/mol. The molecule has 2 heterocycles. The Morgan fingerprint density at radius 2 is 1.79 bits per heavy atom. The van der Waals surface area contributed by atoms with Crippen LogP contribution in [0, 0.1) is 5.92 Å². The minimum absolute atomic E-state index is 0. The van der Waals surface area contributed by atoms with Crippen molar-refractivity contribution in [2.45, 2.75) is 32.2 Å². The highest BCUT2D eigenvalue weighted by Crippen LogP contribution is 2.26. The predicted molar refractivity (Wildman–Crippen MR) is 130 cm³/mol. The van der Waals surface area contributed by atoms with E-state index in [0.29, 0.717) is 17.9 Å². The average molecular weight is 499 g/mol. The molecule has 1 aromatic carbocycles. The van der Waals surface area contributed by atoms with Crippen molar-refractivity contribution < 1.29 is 0 Å². The topological polar surface area (TPSA) is 34.1 Å². The van der Waals surface area contributed by atoms with Crippen LogP contribution < -0.4 is 5.32 Å². The van der Waals surface area contributed by atoms with Crippen molar-refractivity contribution in [3.05, 3.63) is 35.9 Å². The number of nitrogens with zero attached hydrogens (tertiary/aromatic N) is 4. The van der Waals surface area contributed by atoms with Gasteiger partial charge in [-0.25, -0.2) is 0 Å². The first-order valence-corrected chi connectivity index (χ1v) is 10.5. The Labute approximate surface area is 188 Å². The van der Waals surface area contributed by atoms with E-state index in [9.17, 15) is 0 Å². The van der Waals surface area contributed by atoms with Crippen LogP contribution in [0.4, 0.5) is 0 Å². The average Bonchev–Trinajstić information content (AvgIpc) is 3.17. The van der Waals surface area contributed by atoms with Crippen LogP contribution in [0.3, 0.4) is 0 Å². The molecular formula is C22H38IN5. The zero-order valence-electron chi connectivity index (χ0n) is 18.0. The Morgan fingerprint density at radius 3 is 2.39 bits per heavy atom. The molecule has 1 aromatic rings. The van der Waals surface area contributed by atoms with Gasteiger partial charge in [0.05, 0.1) is 0 Å². The first-order chi connectivity index (χ1) is 13.1. The zero-order valence-corrected chi connectivity index (χ0v) is 20.3. The largest absolute Gasteiger partial charge is 0.355 e. The summed E-state index contributed by atoms with van der Waals surface area (Å²) in [5.41, 5.74) is 1.45. The van der Waals surface area contributed by atoms with E-state index >= 15 is 0 Å². The molecule has 5 nitrogen and oxygen atoms in total. The maximum absolute atomic E-state index is 4.59. The zero-order chi connectivity index (χ0) is 19.2. The van der Waals surface area contributed by atoms with Gasteiger partial charge in [-0.15, -0.1) is 24.0 Å². The third-order valence-corrected chi connectivity index (χ3v) is 6.22. The smallest absolute Gasteiger partial charge is 0.193 e. The SMILES string of the molecule is CN=C(NCC(C(C)C)N1CCN(C)CC1)N1CCC(c2ccccc2)C1.I. The van der Waals surface area contributed by atoms with Crippen LogP contribution in [0.1, 0.15) is 31.7 Å². The summed E-state index contributed by atoms with van der Waals surface area (Å²) < 4.78 is 0. The van der Waals surface area contributed by atoms with Crippen molar-refractivity contribution in [1.82, 2.24) is 20.0 Å². The lowest BCUT2D eigenvalue weighted by atomic mass is 9.99. The third-order valence-electron chi connectivity index (χ3n) is 6.22. The number of rotatable bonds is 5. The van der Waals surface area contributed by atoms with Gasteiger partial charge in [0, 0.05) is 64.8 Å². The first kappa shape index (κ1) is 23.4. The normalized spacial score (nSPS) is 23.0. The second kappa shape index (κ2) is 11.4. The van der Waals surface area contributed by atoms with E-state index < -0.39 is 0 Å². The van der Waals surface area contributed by atoms with Crippen LogP contribution in [0.25, 0.3) is 0 Å². The van der Waals surface area contributed by atoms with Gasteiger partial charge in [0.25, 0.3) is 0 Å². The van der Waals surface area contributed by atoms with Crippen molar-refractivity contribution in [2.75, 3.05) is 59.9 Å². The Morgan fingerprint density at radius 1 is 1.11 bits per heavy atom. The molecule has 2 aliphatic rings. The quantitative estimate of drug-likeness (QED) is 0.384. The van der Waals surface area contributed by atoms with Gasteiger partial charge in [-0.05, 0) is 24.9 Å². The summed E-state index contributed by atoms with van der Waals surface area (Å²) in [6.07, 6.45) is 1.21. The maximum Gasteiger partial charge on any atom is 0.193 e. The molecule has 2 atom stereocenters. The highest BCUT2D eigenvalue weighted by atomic mass is 127. The number of aliphatic imine (C=N–C) groups is 1. The van der Waals surface area contributed by atoms with Crippen LogP contribution in [0.5, 0.6) is 0 Å². The second-order valence-corrected chi connectivity index (χ2v) is 8.42. The van der Waals surface area contributed by atoms with Gasteiger partial charge in [-0.2, -0.15) is 0 Å². The van der Waals surface area contributed by atoms with Gasteiger partial charge in [0.2, 0.25) is 0 Å². The highest BCUT2D eigenvalue weighted by molar-refractivity contribution is 14.0. The molecule has 0 amide bonds. The van der Waals surface area contributed by atoms with Crippen molar-refractivity contribution >= 4 is 29.9 Å². The molecule has 0 saturated carbocycles. The molecule has 2 unspecified atom stereocenters. The molecule has 0 radical (unpaired) electrons. The number of likely N-dealkylation sites (N-methyl/N-ethyl adjacent to an activating group) is 1. The molecule has 2 saturated heterocycles. The molecule has 3 rings (SSSR count). The highest BCUT2D eigenvalue weighted by Gasteiger charge is 2.28. The molecule has 0 bridgehead atoms. The molecule has 158 valence electrons. The number of halogens is 1. The van der Waals surface area contributed by atoms with Crippen LogP contribution in [0.15, 0.2) is 35.3 Å². The van der Waals surface area contributed by atoms with Crippen molar-refractivity contribution in [3.8, 4) is 0 Å².